The Hall–Kier alpha value is -1.75. The molecule has 0 aromatic heterocycles. The SMILES string of the molecule is NCCC1CN(c2ccc(N)cc2)C(=O)O1. The number of amides is 1. The molecule has 0 spiro atoms. The average Bonchev–Trinajstić information content (AvgIpc) is 2.61. The lowest BCUT2D eigenvalue weighted by Crippen LogP contribution is -2.25. The van der Waals surface area contributed by atoms with Crippen LogP contribution in [0.25, 0.3) is 0 Å². The third-order valence-electron chi connectivity index (χ3n) is 2.57. The number of cyclic esters (lactones) is 1. The zero-order valence-electron chi connectivity index (χ0n) is 8.93. The van der Waals surface area contributed by atoms with Gasteiger partial charge in [0.1, 0.15) is 6.10 Å². The number of nitrogens with two attached hydrogens (primary N) is 2. The first-order valence-corrected chi connectivity index (χ1v) is 5.24. The van der Waals surface area contributed by atoms with Gasteiger partial charge in [0.15, 0.2) is 0 Å². The number of nitrogens with zero attached hydrogens (tertiary/aromatic N) is 1. The minimum absolute atomic E-state index is 0.102. The number of anilines is 2. The highest BCUT2D eigenvalue weighted by atomic mass is 16.6. The Labute approximate surface area is 94.0 Å². The molecular weight excluding hydrogens is 206 g/mol. The lowest BCUT2D eigenvalue weighted by atomic mass is 10.2. The summed E-state index contributed by atoms with van der Waals surface area (Å²) in [6, 6.07) is 7.14. The number of benzene rings is 1. The number of hydrogen-bond donors (Lipinski definition) is 2. The second kappa shape index (κ2) is 4.40. The van der Waals surface area contributed by atoms with Gasteiger partial charge in [0.05, 0.1) is 6.54 Å². The van der Waals surface area contributed by atoms with Crippen molar-refractivity contribution < 1.29 is 9.53 Å². The van der Waals surface area contributed by atoms with Crippen molar-refractivity contribution in [2.75, 3.05) is 23.7 Å². The van der Waals surface area contributed by atoms with E-state index in [1.54, 1.807) is 29.2 Å². The molecular formula is C11H15N3O2. The van der Waals surface area contributed by atoms with E-state index in [1.807, 2.05) is 0 Å². The summed E-state index contributed by atoms with van der Waals surface area (Å²) in [4.78, 5) is 13.2. The predicted octanol–water partition coefficient (Wildman–Crippen LogP) is 0.943. The summed E-state index contributed by atoms with van der Waals surface area (Å²) in [6.07, 6.45) is 0.273. The van der Waals surface area contributed by atoms with Crippen LogP contribution >= 0.6 is 0 Å². The zero-order chi connectivity index (χ0) is 11.5. The van der Waals surface area contributed by atoms with Gasteiger partial charge < -0.3 is 16.2 Å². The number of rotatable bonds is 3. The molecule has 0 bridgehead atoms. The fourth-order valence-corrected chi connectivity index (χ4v) is 1.72. The highest BCUT2D eigenvalue weighted by Crippen LogP contribution is 2.23. The monoisotopic (exact) mass is 221 g/mol. The molecule has 2 rings (SSSR count). The van der Waals surface area contributed by atoms with E-state index in [0.29, 0.717) is 25.2 Å². The molecule has 1 amide bonds. The Morgan fingerprint density at radius 2 is 2.06 bits per heavy atom. The van der Waals surface area contributed by atoms with Crippen molar-refractivity contribution in [3.63, 3.8) is 0 Å². The van der Waals surface area contributed by atoms with Gasteiger partial charge >= 0.3 is 6.09 Å². The van der Waals surface area contributed by atoms with Crippen LogP contribution in [0.1, 0.15) is 6.42 Å². The van der Waals surface area contributed by atoms with Gasteiger partial charge in [0.2, 0.25) is 0 Å². The Morgan fingerprint density at radius 3 is 2.69 bits per heavy atom. The van der Waals surface area contributed by atoms with Gasteiger partial charge in [-0.05, 0) is 37.2 Å². The number of carbonyl (C=O) groups is 1. The summed E-state index contributed by atoms with van der Waals surface area (Å²) in [5.74, 6) is 0. The molecule has 0 aliphatic carbocycles. The minimum Gasteiger partial charge on any atom is -0.444 e. The van der Waals surface area contributed by atoms with Gasteiger partial charge in [-0.2, -0.15) is 0 Å². The summed E-state index contributed by atoms with van der Waals surface area (Å²) in [5, 5.41) is 0. The van der Waals surface area contributed by atoms with Crippen LogP contribution in [-0.4, -0.2) is 25.3 Å². The highest BCUT2D eigenvalue weighted by molar-refractivity contribution is 5.89. The van der Waals surface area contributed by atoms with Gasteiger partial charge in [-0.25, -0.2) is 4.79 Å². The van der Waals surface area contributed by atoms with Crippen LogP contribution in [0.3, 0.4) is 0 Å². The van der Waals surface area contributed by atoms with Crippen LogP contribution in [0.4, 0.5) is 16.2 Å². The summed E-state index contributed by atoms with van der Waals surface area (Å²) in [6.45, 7) is 1.08. The van der Waals surface area contributed by atoms with Crippen LogP contribution in [0.5, 0.6) is 0 Å². The Morgan fingerprint density at radius 1 is 1.38 bits per heavy atom. The lowest BCUT2D eigenvalue weighted by molar-refractivity contribution is 0.138. The van der Waals surface area contributed by atoms with E-state index in [-0.39, 0.29) is 12.2 Å². The van der Waals surface area contributed by atoms with E-state index in [4.69, 9.17) is 16.2 Å². The minimum atomic E-state index is -0.316. The maximum atomic E-state index is 11.6. The topological polar surface area (TPSA) is 81.6 Å². The van der Waals surface area contributed by atoms with Gasteiger partial charge in [-0.1, -0.05) is 0 Å². The number of ether oxygens (including phenoxy) is 1. The van der Waals surface area contributed by atoms with Gasteiger partial charge in [0.25, 0.3) is 0 Å². The molecule has 1 aromatic carbocycles. The van der Waals surface area contributed by atoms with E-state index in [0.717, 1.165) is 5.69 Å². The zero-order valence-corrected chi connectivity index (χ0v) is 8.93. The second-order valence-corrected chi connectivity index (χ2v) is 3.79. The molecule has 1 atom stereocenters. The number of hydrogen-bond acceptors (Lipinski definition) is 4. The molecule has 1 aliphatic heterocycles. The van der Waals surface area contributed by atoms with Crippen LogP contribution < -0.4 is 16.4 Å². The van der Waals surface area contributed by atoms with Crippen LogP contribution in [0, 0.1) is 0 Å². The van der Waals surface area contributed by atoms with Gasteiger partial charge in [-0.3, -0.25) is 4.90 Å². The maximum absolute atomic E-state index is 11.6. The fraction of sp³-hybridized carbons (Fsp3) is 0.364. The first-order chi connectivity index (χ1) is 7.70. The maximum Gasteiger partial charge on any atom is 0.414 e. The summed E-state index contributed by atoms with van der Waals surface area (Å²) in [7, 11) is 0. The predicted molar refractivity (Wildman–Crippen MR) is 62.1 cm³/mol. The molecule has 1 fully saturated rings. The van der Waals surface area contributed by atoms with E-state index >= 15 is 0 Å². The van der Waals surface area contributed by atoms with Crippen molar-refractivity contribution in [2.24, 2.45) is 5.73 Å². The molecule has 86 valence electrons. The van der Waals surface area contributed by atoms with Crippen molar-refractivity contribution in [3.05, 3.63) is 24.3 Å². The molecule has 16 heavy (non-hydrogen) atoms. The largest absolute Gasteiger partial charge is 0.444 e. The normalized spacial score (nSPS) is 19.9. The molecule has 1 aliphatic rings. The lowest BCUT2D eigenvalue weighted by Gasteiger charge is -2.12. The summed E-state index contributed by atoms with van der Waals surface area (Å²) in [5.41, 5.74) is 12.5. The third kappa shape index (κ3) is 2.09. The van der Waals surface area contributed by atoms with E-state index in [2.05, 4.69) is 0 Å². The molecule has 0 saturated carbocycles. The molecule has 4 N–H and O–H groups in total. The van der Waals surface area contributed by atoms with Crippen molar-refractivity contribution in [1.29, 1.82) is 0 Å². The Kier molecular flexibility index (Phi) is 2.96. The van der Waals surface area contributed by atoms with Crippen LogP contribution in [-0.2, 0) is 4.74 Å². The first kappa shape index (κ1) is 10.8. The molecule has 0 radical (unpaired) electrons. The quantitative estimate of drug-likeness (QED) is 0.744. The number of nitrogen functional groups attached to an aromatic ring is 1. The van der Waals surface area contributed by atoms with Crippen LogP contribution in [0.15, 0.2) is 24.3 Å². The van der Waals surface area contributed by atoms with Gasteiger partial charge in [-0.15, -0.1) is 0 Å². The fourth-order valence-electron chi connectivity index (χ4n) is 1.72. The number of carbonyl (C=O) groups excluding carboxylic acids is 1. The molecule has 1 heterocycles. The van der Waals surface area contributed by atoms with Crippen molar-refractivity contribution >= 4 is 17.5 Å². The average molecular weight is 221 g/mol. The summed E-state index contributed by atoms with van der Waals surface area (Å²) < 4.78 is 5.17. The van der Waals surface area contributed by atoms with Crippen molar-refractivity contribution in [1.82, 2.24) is 0 Å². The van der Waals surface area contributed by atoms with Gasteiger partial charge in [0, 0.05) is 11.4 Å². The standard InChI is InChI=1S/C11H15N3O2/c12-6-5-10-7-14(11(15)16-10)9-3-1-8(13)2-4-9/h1-4,10H,5-7,12-13H2. The van der Waals surface area contributed by atoms with E-state index < -0.39 is 0 Å². The summed E-state index contributed by atoms with van der Waals surface area (Å²) >= 11 is 0. The molecule has 1 unspecified atom stereocenters. The highest BCUT2D eigenvalue weighted by Gasteiger charge is 2.31. The third-order valence-corrected chi connectivity index (χ3v) is 2.57. The molecule has 1 aromatic rings. The Bertz CT molecular complexity index is 377. The first-order valence-electron chi connectivity index (χ1n) is 5.24. The molecule has 1 saturated heterocycles. The molecule has 5 nitrogen and oxygen atoms in total. The van der Waals surface area contributed by atoms with Crippen molar-refractivity contribution in [2.45, 2.75) is 12.5 Å². The Balaban J connectivity index is 2.10. The van der Waals surface area contributed by atoms with Crippen LogP contribution in [0.2, 0.25) is 0 Å². The van der Waals surface area contributed by atoms with Crippen molar-refractivity contribution in [3.8, 4) is 0 Å². The molecule has 5 heteroatoms. The second-order valence-electron chi connectivity index (χ2n) is 3.79. The van der Waals surface area contributed by atoms with E-state index in [9.17, 15) is 4.79 Å². The smallest absolute Gasteiger partial charge is 0.414 e. The van der Waals surface area contributed by atoms with E-state index in [1.165, 1.54) is 0 Å².